The summed E-state index contributed by atoms with van der Waals surface area (Å²) in [5.74, 6) is -1.20. The summed E-state index contributed by atoms with van der Waals surface area (Å²) in [7, 11) is 1.61. The summed E-state index contributed by atoms with van der Waals surface area (Å²) in [6, 6.07) is 5.64. The van der Waals surface area contributed by atoms with E-state index in [1.807, 2.05) is 13.0 Å². The summed E-state index contributed by atoms with van der Waals surface area (Å²) in [6.45, 7) is 1.83. The quantitative estimate of drug-likeness (QED) is 0.545. The SMILES string of the molecule is CN=C1C(=CN)NC(=O)C(C)CCCC(n2cnc(-c3nccc(Cl)c3F)cc2=O)c2cc1ccn2. The minimum atomic E-state index is -0.744. The van der Waals surface area contributed by atoms with Gasteiger partial charge in [-0.3, -0.25) is 29.1 Å². The van der Waals surface area contributed by atoms with Crippen LogP contribution in [0.15, 0.2) is 64.7 Å². The van der Waals surface area contributed by atoms with Crippen LogP contribution in [0.5, 0.6) is 0 Å². The van der Waals surface area contributed by atoms with Crippen molar-refractivity contribution in [3.8, 4) is 11.4 Å². The van der Waals surface area contributed by atoms with Crippen LogP contribution >= 0.6 is 11.6 Å². The van der Waals surface area contributed by atoms with Gasteiger partial charge in [-0.2, -0.15) is 0 Å². The van der Waals surface area contributed by atoms with Gasteiger partial charge in [0.25, 0.3) is 5.56 Å². The summed E-state index contributed by atoms with van der Waals surface area (Å²) in [4.78, 5) is 43.1. The van der Waals surface area contributed by atoms with Gasteiger partial charge in [-0.25, -0.2) is 9.37 Å². The van der Waals surface area contributed by atoms with Crippen LogP contribution in [-0.2, 0) is 4.79 Å². The molecule has 2 atom stereocenters. The fraction of sp³-hybridized carbons (Fsp3) is 0.280. The standard InChI is InChI=1S/C25H25ClFN7O2/c1-14-4-3-5-20(17-10-15(6-8-30-17)23(29-2)19(12-28)33-25(14)36)34-13-32-18(11-21(34)35)24-22(27)16(26)7-9-31-24/h6-14,20H,3-5,28H2,1-2H3,(H,33,36). The van der Waals surface area contributed by atoms with Crippen LogP contribution in [0, 0.1) is 11.7 Å². The average Bonchev–Trinajstić information content (AvgIpc) is 2.88. The highest BCUT2D eigenvalue weighted by Crippen LogP contribution is 2.27. The number of nitrogens with zero attached hydrogens (tertiary/aromatic N) is 5. The molecular weight excluding hydrogens is 485 g/mol. The molecule has 3 aromatic heterocycles. The van der Waals surface area contributed by atoms with E-state index in [2.05, 4.69) is 25.3 Å². The third-order valence-electron chi connectivity index (χ3n) is 6.12. The monoisotopic (exact) mass is 509 g/mol. The van der Waals surface area contributed by atoms with Crippen molar-refractivity contribution in [2.24, 2.45) is 16.6 Å². The molecule has 0 fully saturated rings. The third kappa shape index (κ3) is 5.03. The molecule has 1 aliphatic heterocycles. The largest absolute Gasteiger partial charge is 0.403 e. The molecule has 3 N–H and O–H groups in total. The second-order valence-corrected chi connectivity index (χ2v) is 8.84. The number of halogens is 2. The number of rotatable bonds is 2. The van der Waals surface area contributed by atoms with Crippen molar-refractivity contribution in [2.75, 3.05) is 7.05 Å². The van der Waals surface area contributed by atoms with Crippen LogP contribution in [0.1, 0.15) is 43.5 Å². The Hall–Kier alpha value is -3.92. The Balaban J connectivity index is 1.81. The second kappa shape index (κ2) is 10.8. The topological polar surface area (TPSA) is 128 Å². The zero-order chi connectivity index (χ0) is 25.8. The summed E-state index contributed by atoms with van der Waals surface area (Å²) in [5.41, 5.74) is 7.57. The van der Waals surface area contributed by atoms with Gasteiger partial charge >= 0.3 is 0 Å². The van der Waals surface area contributed by atoms with Crippen LogP contribution in [0.3, 0.4) is 0 Å². The molecule has 3 aromatic rings. The molecule has 36 heavy (non-hydrogen) atoms. The van der Waals surface area contributed by atoms with Gasteiger partial charge in [0.2, 0.25) is 5.91 Å². The number of amides is 1. The number of nitrogens with one attached hydrogen (secondary N) is 1. The van der Waals surface area contributed by atoms with E-state index in [-0.39, 0.29) is 28.2 Å². The molecule has 9 nitrogen and oxygen atoms in total. The predicted molar refractivity (Wildman–Crippen MR) is 135 cm³/mol. The minimum absolute atomic E-state index is 0.0783. The highest BCUT2D eigenvalue weighted by atomic mass is 35.5. The van der Waals surface area contributed by atoms with E-state index in [9.17, 15) is 14.0 Å². The smallest absolute Gasteiger partial charge is 0.254 e. The first-order chi connectivity index (χ1) is 17.3. The molecule has 1 aliphatic rings. The predicted octanol–water partition coefficient (Wildman–Crippen LogP) is 3.24. The zero-order valence-electron chi connectivity index (χ0n) is 19.8. The molecule has 1 amide bonds. The first-order valence-electron chi connectivity index (χ1n) is 11.4. The first-order valence-corrected chi connectivity index (χ1v) is 11.8. The van der Waals surface area contributed by atoms with E-state index in [1.165, 1.54) is 35.4 Å². The van der Waals surface area contributed by atoms with Crippen molar-refractivity contribution >= 4 is 23.2 Å². The molecule has 0 radical (unpaired) electrons. The van der Waals surface area contributed by atoms with Crippen LogP contribution in [0.4, 0.5) is 4.39 Å². The minimum Gasteiger partial charge on any atom is -0.403 e. The molecule has 0 saturated carbocycles. The molecule has 0 spiro atoms. The lowest BCUT2D eigenvalue weighted by molar-refractivity contribution is -0.123. The number of carbonyl (C=O) groups excluding carboxylic acids is 1. The van der Waals surface area contributed by atoms with Crippen molar-refractivity contribution in [3.05, 3.63) is 87.3 Å². The van der Waals surface area contributed by atoms with Gasteiger partial charge in [-0.1, -0.05) is 24.9 Å². The van der Waals surface area contributed by atoms with E-state index < -0.39 is 17.4 Å². The number of allylic oxidation sites excluding steroid dienone is 1. The number of pyridine rings is 2. The van der Waals surface area contributed by atoms with Gasteiger partial charge in [-0.15, -0.1) is 0 Å². The van der Waals surface area contributed by atoms with Gasteiger partial charge in [0.1, 0.15) is 5.69 Å². The molecular formula is C25H25ClFN7O2. The van der Waals surface area contributed by atoms with E-state index in [4.69, 9.17) is 17.3 Å². The fourth-order valence-electron chi connectivity index (χ4n) is 4.17. The van der Waals surface area contributed by atoms with Gasteiger partial charge in [-0.05, 0) is 31.0 Å². The Morgan fingerprint density at radius 1 is 1.19 bits per heavy atom. The molecule has 4 heterocycles. The number of nitrogens with two attached hydrogens (primary N) is 1. The van der Waals surface area contributed by atoms with Crippen molar-refractivity contribution in [2.45, 2.75) is 32.2 Å². The molecule has 0 aliphatic carbocycles. The number of hydrogen-bond donors (Lipinski definition) is 2. The zero-order valence-corrected chi connectivity index (χ0v) is 20.5. The first kappa shape index (κ1) is 25.2. The normalized spacial score (nSPS) is 21.1. The van der Waals surface area contributed by atoms with Crippen molar-refractivity contribution in [1.82, 2.24) is 24.8 Å². The van der Waals surface area contributed by atoms with E-state index >= 15 is 0 Å². The maximum Gasteiger partial charge on any atom is 0.254 e. The molecule has 4 rings (SSSR count). The van der Waals surface area contributed by atoms with E-state index in [1.54, 1.807) is 19.3 Å². The molecule has 186 valence electrons. The van der Waals surface area contributed by atoms with Crippen molar-refractivity contribution in [1.29, 1.82) is 0 Å². The molecule has 0 aromatic carbocycles. The van der Waals surface area contributed by atoms with Gasteiger partial charge in [0, 0.05) is 43.2 Å². The highest BCUT2D eigenvalue weighted by Gasteiger charge is 2.24. The van der Waals surface area contributed by atoms with Crippen molar-refractivity contribution in [3.63, 3.8) is 0 Å². The average molecular weight is 510 g/mol. The Bertz CT molecular complexity index is 1420. The van der Waals surface area contributed by atoms with Crippen LogP contribution in [0.25, 0.3) is 11.4 Å². The fourth-order valence-corrected chi connectivity index (χ4v) is 4.31. The van der Waals surface area contributed by atoms with Crippen LogP contribution < -0.4 is 16.6 Å². The Morgan fingerprint density at radius 3 is 2.69 bits per heavy atom. The molecule has 2 unspecified atom stereocenters. The molecule has 11 heteroatoms. The lowest BCUT2D eigenvalue weighted by Crippen LogP contribution is -2.33. The Labute approximate surface area is 212 Å². The maximum atomic E-state index is 14.5. The van der Waals surface area contributed by atoms with Gasteiger partial charge in [0.15, 0.2) is 5.82 Å². The number of aliphatic imine (C=N–C) groups is 1. The summed E-state index contributed by atoms with van der Waals surface area (Å²) >= 11 is 5.86. The van der Waals surface area contributed by atoms with Gasteiger partial charge in [0.05, 0.1) is 40.2 Å². The number of carbonyl (C=O) groups is 1. The summed E-state index contributed by atoms with van der Waals surface area (Å²) in [5, 5.41) is 2.75. The third-order valence-corrected chi connectivity index (χ3v) is 6.41. The van der Waals surface area contributed by atoms with Crippen LogP contribution in [-0.4, -0.2) is 38.2 Å². The maximum absolute atomic E-state index is 14.5. The van der Waals surface area contributed by atoms with E-state index in [0.717, 1.165) is 0 Å². The molecule has 0 saturated heterocycles. The van der Waals surface area contributed by atoms with Crippen molar-refractivity contribution < 1.29 is 9.18 Å². The number of aromatic nitrogens is 4. The summed E-state index contributed by atoms with van der Waals surface area (Å²) < 4.78 is 15.9. The van der Waals surface area contributed by atoms with E-state index in [0.29, 0.717) is 41.9 Å². The Kier molecular flexibility index (Phi) is 7.54. The lowest BCUT2D eigenvalue weighted by Gasteiger charge is -2.23. The lowest BCUT2D eigenvalue weighted by atomic mass is 9.96. The Morgan fingerprint density at radius 2 is 1.97 bits per heavy atom. The molecule has 2 bridgehead atoms. The summed E-state index contributed by atoms with van der Waals surface area (Å²) in [6.07, 6.45) is 7.39. The van der Waals surface area contributed by atoms with Gasteiger partial charge < -0.3 is 11.1 Å². The number of fused-ring (bicyclic) bond motifs is 2. The highest BCUT2D eigenvalue weighted by molar-refractivity contribution is 6.30. The second-order valence-electron chi connectivity index (χ2n) is 8.43. The number of hydrogen-bond acceptors (Lipinski definition) is 7. The van der Waals surface area contributed by atoms with Crippen LogP contribution in [0.2, 0.25) is 5.02 Å².